The van der Waals surface area contributed by atoms with Crippen LogP contribution in [0, 0.1) is 0 Å². The van der Waals surface area contributed by atoms with E-state index >= 15 is 0 Å². The van der Waals surface area contributed by atoms with Crippen LogP contribution in [0.4, 0.5) is 0 Å². The molecule has 3 N–H and O–H groups in total. The lowest BCUT2D eigenvalue weighted by Crippen LogP contribution is -2.27. The zero-order valence-electron chi connectivity index (χ0n) is 8.52. The minimum Gasteiger partial charge on any atom is -0.271 e. The van der Waals surface area contributed by atoms with Crippen LogP contribution < -0.4 is 11.3 Å². The number of hydrogen-bond donors (Lipinski definition) is 2. The molecular weight excluding hydrogens is 251 g/mol. The molecule has 84 valence electrons. The van der Waals surface area contributed by atoms with E-state index in [9.17, 15) is 0 Å². The second-order valence-electron chi connectivity index (χ2n) is 3.49. The maximum absolute atomic E-state index is 6.05. The van der Waals surface area contributed by atoms with Crippen molar-refractivity contribution in [3.8, 4) is 0 Å². The van der Waals surface area contributed by atoms with Gasteiger partial charge in [-0.25, -0.2) is 0 Å². The SMILES string of the molecule is C=C(C)CCC(NN)c1cc(Cl)sc1Cl. The average Bonchev–Trinajstić information content (AvgIpc) is 2.46. The van der Waals surface area contributed by atoms with Gasteiger partial charge in [0.1, 0.15) is 0 Å². The number of hydrazine groups is 1. The molecular formula is C10H14Cl2N2S. The fraction of sp³-hybridized carbons (Fsp3) is 0.400. The summed E-state index contributed by atoms with van der Waals surface area (Å²) >= 11 is 13.3. The van der Waals surface area contributed by atoms with Gasteiger partial charge in [0.05, 0.1) is 8.67 Å². The first-order chi connectivity index (χ1) is 7.04. The van der Waals surface area contributed by atoms with Gasteiger partial charge < -0.3 is 0 Å². The molecule has 0 aliphatic carbocycles. The molecule has 0 radical (unpaired) electrons. The summed E-state index contributed by atoms with van der Waals surface area (Å²) in [6.45, 7) is 5.85. The van der Waals surface area contributed by atoms with Gasteiger partial charge in [-0.05, 0) is 25.8 Å². The van der Waals surface area contributed by atoms with Gasteiger partial charge in [0.25, 0.3) is 0 Å². The Morgan fingerprint density at radius 3 is 2.73 bits per heavy atom. The Morgan fingerprint density at radius 1 is 1.67 bits per heavy atom. The molecule has 0 fully saturated rings. The maximum atomic E-state index is 6.05. The first kappa shape index (κ1) is 13.0. The third-order valence-electron chi connectivity index (χ3n) is 2.12. The average molecular weight is 265 g/mol. The zero-order chi connectivity index (χ0) is 11.4. The molecule has 15 heavy (non-hydrogen) atoms. The topological polar surface area (TPSA) is 38.0 Å². The van der Waals surface area contributed by atoms with Crippen molar-refractivity contribution in [1.29, 1.82) is 0 Å². The number of halogens is 2. The third-order valence-corrected chi connectivity index (χ3v) is 3.64. The van der Waals surface area contributed by atoms with E-state index in [1.165, 1.54) is 11.3 Å². The highest BCUT2D eigenvalue weighted by molar-refractivity contribution is 7.20. The molecule has 0 saturated carbocycles. The van der Waals surface area contributed by atoms with Crippen LogP contribution in [0.25, 0.3) is 0 Å². The van der Waals surface area contributed by atoms with E-state index in [-0.39, 0.29) is 6.04 Å². The third kappa shape index (κ3) is 3.78. The van der Waals surface area contributed by atoms with E-state index in [0.717, 1.165) is 24.0 Å². The summed E-state index contributed by atoms with van der Waals surface area (Å²) in [5, 5.41) is 0. The van der Waals surface area contributed by atoms with E-state index in [0.29, 0.717) is 8.67 Å². The fourth-order valence-electron chi connectivity index (χ4n) is 1.31. The first-order valence-corrected chi connectivity index (χ1v) is 6.17. The van der Waals surface area contributed by atoms with Crippen LogP contribution in [0.15, 0.2) is 18.2 Å². The molecule has 1 unspecified atom stereocenters. The van der Waals surface area contributed by atoms with E-state index in [1.54, 1.807) is 0 Å². The van der Waals surface area contributed by atoms with Crippen LogP contribution in [0.1, 0.15) is 31.4 Å². The molecule has 0 aliphatic heterocycles. The van der Waals surface area contributed by atoms with Crippen LogP contribution in [-0.4, -0.2) is 0 Å². The Kier molecular flexibility index (Phi) is 5.09. The Bertz CT molecular complexity index is 349. The van der Waals surface area contributed by atoms with Crippen molar-refractivity contribution < 1.29 is 0 Å². The minimum absolute atomic E-state index is 0.0398. The van der Waals surface area contributed by atoms with Crippen molar-refractivity contribution in [2.24, 2.45) is 5.84 Å². The molecule has 1 aromatic heterocycles. The van der Waals surface area contributed by atoms with Crippen LogP contribution in [0.2, 0.25) is 8.67 Å². The molecule has 1 rings (SSSR count). The van der Waals surface area contributed by atoms with Crippen LogP contribution in [0.3, 0.4) is 0 Å². The Labute approximate surface area is 104 Å². The molecule has 5 heteroatoms. The summed E-state index contributed by atoms with van der Waals surface area (Å²) in [5.74, 6) is 5.49. The van der Waals surface area contributed by atoms with Gasteiger partial charge in [-0.2, -0.15) is 0 Å². The molecule has 0 bridgehead atoms. The molecule has 0 aliphatic rings. The van der Waals surface area contributed by atoms with Gasteiger partial charge in [0.2, 0.25) is 0 Å². The molecule has 1 atom stereocenters. The summed E-state index contributed by atoms with van der Waals surface area (Å²) in [4.78, 5) is 0. The van der Waals surface area contributed by atoms with Crippen molar-refractivity contribution in [2.45, 2.75) is 25.8 Å². The number of rotatable bonds is 5. The predicted octanol–water partition coefficient (Wildman–Crippen LogP) is 3.92. The summed E-state index contributed by atoms with van der Waals surface area (Å²) in [6, 6.07) is 1.90. The standard InChI is InChI=1S/C10H14Cl2N2S/c1-6(2)3-4-8(14-13)7-5-9(11)15-10(7)12/h5,8,14H,1,3-4,13H2,2H3. The lowest BCUT2D eigenvalue weighted by molar-refractivity contribution is 0.517. The number of hydrogen-bond acceptors (Lipinski definition) is 3. The fourth-order valence-corrected chi connectivity index (χ4v) is 2.89. The molecule has 0 aromatic carbocycles. The summed E-state index contributed by atoms with van der Waals surface area (Å²) in [5.41, 5.74) is 4.85. The lowest BCUT2D eigenvalue weighted by atomic mass is 10.0. The molecule has 1 aromatic rings. The van der Waals surface area contributed by atoms with Gasteiger partial charge in [0.15, 0.2) is 0 Å². The lowest BCUT2D eigenvalue weighted by Gasteiger charge is -2.14. The quantitative estimate of drug-likeness (QED) is 0.481. The second-order valence-corrected chi connectivity index (χ2v) is 5.78. The van der Waals surface area contributed by atoms with E-state index in [4.69, 9.17) is 29.0 Å². The normalized spacial score (nSPS) is 12.8. The minimum atomic E-state index is 0.0398. The van der Waals surface area contributed by atoms with E-state index in [1.807, 2.05) is 13.0 Å². The Balaban J connectivity index is 2.73. The Hall–Kier alpha value is -0.0600. The van der Waals surface area contributed by atoms with Crippen LogP contribution >= 0.6 is 34.5 Å². The van der Waals surface area contributed by atoms with Crippen LogP contribution in [-0.2, 0) is 0 Å². The van der Waals surface area contributed by atoms with E-state index < -0.39 is 0 Å². The maximum Gasteiger partial charge on any atom is 0.0992 e. The highest BCUT2D eigenvalue weighted by Crippen LogP contribution is 2.36. The number of nitrogens with two attached hydrogens (primary N) is 1. The van der Waals surface area contributed by atoms with Crippen molar-refractivity contribution >= 4 is 34.5 Å². The molecule has 0 saturated heterocycles. The first-order valence-electron chi connectivity index (χ1n) is 4.59. The summed E-state index contributed by atoms with van der Waals surface area (Å²) in [7, 11) is 0. The second kappa shape index (κ2) is 5.87. The summed E-state index contributed by atoms with van der Waals surface area (Å²) in [6.07, 6.45) is 1.79. The highest BCUT2D eigenvalue weighted by Gasteiger charge is 2.15. The highest BCUT2D eigenvalue weighted by atomic mass is 35.5. The molecule has 0 spiro atoms. The van der Waals surface area contributed by atoms with Gasteiger partial charge in [-0.3, -0.25) is 11.3 Å². The number of thiophene rings is 1. The van der Waals surface area contributed by atoms with Crippen molar-refractivity contribution in [1.82, 2.24) is 5.43 Å². The van der Waals surface area contributed by atoms with Crippen LogP contribution in [0.5, 0.6) is 0 Å². The monoisotopic (exact) mass is 264 g/mol. The van der Waals surface area contributed by atoms with Crippen molar-refractivity contribution in [3.63, 3.8) is 0 Å². The zero-order valence-corrected chi connectivity index (χ0v) is 10.8. The van der Waals surface area contributed by atoms with Gasteiger partial charge >= 0.3 is 0 Å². The predicted molar refractivity (Wildman–Crippen MR) is 68.5 cm³/mol. The van der Waals surface area contributed by atoms with Gasteiger partial charge in [-0.1, -0.05) is 28.8 Å². The van der Waals surface area contributed by atoms with Crippen molar-refractivity contribution in [2.75, 3.05) is 0 Å². The smallest absolute Gasteiger partial charge is 0.0992 e. The van der Waals surface area contributed by atoms with Gasteiger partial charge in [0, 0.05) is 11.6 Å². The van der Waals surface area contributed by atoms with E-state index in [2.05, 4.69) is 12.0 Å². The largest absolute Gasteiger partial charge is 0.271 e. The van der Waals surface area contributed by atoms with Gasteiger partial charge in [-0.15, -0.1) is 17.9 Å². The molecule has 1 heterocycles. The number of nitrogens with one attached hydrogen (secondary N) is 1. The summed E-state index contributed by atoms with van der Waals surface area (Å²) < 4.78 is 1.38. The number of allylic oxidation sites excluding steroid dienone is 1. The Morgan fingerprint density at radius 2 is 2.33 bits per heavy atom. The molecule has 2 nitrogen and oxygen atoms in total. The van der Waals surface area contributed by atoms with Crippen molar-refractivity contribution in [3.05, 3.63) is 32.5 Å². The molecule has 0 amide bonds.